The predicted octanol–water partition coefficient (Wildman–Crippen LogP) is 11.1. The van der Waals surface area contributed by atoms with Crippen molar-refractivity contribution in [1.82, 2.24) is 0 Å². The highest BCUT2D eigenvalue weighted by atomic mass is 28.3. The summed E-state index contributed by atoms with van der Waals surface area (Å²) in [5, 5.41) is 8.05. The first-order chi connectivity index (χ1) is 27.3. The molecular formula is C52H38N2Si. The quantitative estimate of drug-likeness (QED) is 0.144. The minimum Gasteiger partial charge on any atom is -0.311 e. The van der Waals surface area contributed by atoms with Crippen LogP contribution in [0.5, 0.6) is 0 Å². The average molecular weight is 719 g/mol. The van der Waals surface area contributed by atoms with Gasteiger partial charge in [-0.05, 0) is 104 Å². The van der Waals surface area contributed by atoms with Crippen molar-refractivity contribution in [2.24, 2.45) is 0 Å². The summed E-state index contributed by atoms with van der Waals surface area (Å²) in [7, 11) is -2.95. The average Bonchev–Trinajstić information content (AvgIpc) is 3.56. The van der Waals surface area contributed by atoms with Gasteiger partial charge in [0.1, 0.15) is 0 Å². The molecule has 9 aromatic carbocycles. The lowest BCUT2D eigenvalue weighted by atomic mass is 9.96. The lowest BCUT2D eigenvalue weighted by Crippen LogP contribution is -2.72. The molecule has 260 valence electrons. The standard InChI is InChI=1S/C52H38N2Si/c1-7-21-39(22-8-1)53(40-23-9-2-10-24-40)43-35-36-48-50(37-43)55(44-29-15-5-16-30-44,45-31-17-6-18-32-45)51-38-49(46-33-19-20-34-47(46)52(48)51)54(41-25-11-3-12-26-41)42-27-13-4-14-28-42/h1-38H. The van der Waals surface area contributed by atoms with Gasteiger partial charge in [-0.15, -0.1) is 0 Å². The molecule has 55 heavy (non-hydrogen) atoms. The van der Waals surface area contributed by atoms with E-state index >= 15 is 0 Å². The molecule has 3 heteroatoms. The summed E-state index contributed by atoms with van der Waals surface area (Å²) in [6.45, 7) is 0. The number of para-hydroxylation sites is 4. The largest absolute Gasteiger partial charge is 0.311 e. The Labute approximate surface area is 323 Å². The predicted molar refractivity (Wildman–Crippen MR) is 236 cm³/mol. The second kappa shape index (κ2) is 13.8. The van der Waals surface area contributed by atoms with Crippen molar-refractivity contribution in [3.63, 3.8) is 0 Å². The zero-order valence-corrected chi connectivity index (χ0v) is 31.3. The van der Waals surface area contributed by atoms with Gasteiger partial charge in [-0.3, -0.25) is 0 Å². The summed E-state index contributed by atoms with van der Waals surface area (Å²) in [4.78, 5) is 4.84. The Morgan fingerprint density at radius 1 is 0.291 bits per heavy atom. The SMILES string of the molecule is c1ccc(N(c2ccccc2)c2ccc3c(c2)[Si](c2ccccc2)(c2ccccc2)c2cc(N(c4ccccc4)c4ccccc4)c4ccccc4c2-3)cc1. The topological polar surface area (TPSA) is 6.48 Å². The molecule has 1 aliphatic rings. The molecule has 0 saturated heterocycles. The van der Waals surface area contributed by atoms with E-state index in [1.54, 1.807) is 0 Å². The molecule has 9 aromatic rings. The molecule has 0 amide bonds. The molecule has 0 saturated carbocycles. The van der Waals surface area contributed by atoms with Crippen LogP contribution in [0.2, 0.25) is 0 Å². The van der Waals surface area contributed by atoms with Gasteiger partial charge in [-0.2, -0.15) is 0 Å². The van der Waals surface area contributed by atoms with Gasteiger partial charge in [-0.1, -0.05) is 164 Å². The molecule has 2 nitrogen and oxygen atoms in total. The van der Waals surface area contributed by atoms with Gasteiger partial charge in [0.25, 0.3) is 0 Å². The summed E-state index contributed by atoms with van der Waals surface area (Å²) in [6, 6.07) is 84.6. The fraction of sp³-hybridized carbons (Fsp3) is 0. The van der Waals surface area contributed by atoms with Crippen LogP contribution in [0.1, 0.15) is 0 Å². The molecule has 0 spiro atoms. The van der Waals surface area contributed by atoms with Gasteiger partial charge in [0, 0.05) is 33.8 Å². The lowest BCUT2D eigenvalue weighted by Gasteiger charge is -2.34. The van der Waals surface area contributed by atoms with E-state index in [-0.39, 0.29) is 0 Å². The number of nitrogens with zero attached hydrogens (tertiary/aromatic N) is 2. The molecule has 0 unspecified atom stereocenters. The Hall–Kier alpha value is -6.94. The van der Waals surface area contributed by atoms with E-state index in [1.807, 2.05) is 0 Å². The maximum absolute atomic E-state index is 2.95. The van der Waals surface area contributed by atoms with Crippen molar-refractivity contribution >= 4 is 73.7 Å². The fourth-order valence-corrected chi connectivity index (χ4v) is 14.0. The Morgan fingerprint density at radius 3 is 1.16 bits per heavy atom. The third-order valence-electron chi connectivity index (χ3n) is 11.1. The van der Waals surface area contributed by atoms with E-state index in [2.05, 4.69) is 240 Å². The zero-order valence-electron chi connectivity index (χ0n) is 30.3. The van der Waals surface area contributed by atoms with Crippen LogP contribution in [0.15, 0.2) is 231 Å². The minimum atomic E-state index is -2.95. The van der Waals surface area contributed by atoms with Crippen LogP contribution in [0, 0.1) is 0 Å². The molecule has 0 aromatic heterocycles. The molecule has 0 bridgehead atoms. The first-order valence-electron chi connectivity index (χ1n) is 18.9. The second-order valence-corrected chi connectivity index (χ2v) is 17.8. The van der Waals surface area contributed by atoms with Crippen LogP contribution in [0.3, 0.4) is 0 Å². The molecule has 1 aliphatic heterocycles. The van der Waals surface area contributed by atoms with E-state index in [0.717, 1.165) is 28.4 Å². The summed E-state index contributed by atoms with van der Waals surface area (Å²) in [5.74, 6) is 0. The Bertz CT molecular complexity index is 2620. The highest BCUT2D eigenvalue weighted by Gasteiger charge is 2.50. The van der Waals surface area contributed by atoms with E-state index in [0.29, 0.717) is 0 Å². The van der Waals surface area contributed by atoms with Crippen LogP contribution >= 0.6 is 0 Å². The van der Waals surface area contributed by atoms with Crippen LogP contribution in [0.4, 0.5) is 34.1 Å². The molecule has 0 atom stereocenters. The third-order valence-corrected chi connectivity index (χ3v) is 15.9. The van der Waals surface area contributed by atoms with Gasteiger partial charge in [0.05, 0.1) is 5.69 Å². The highest BCUT2D eigenvalue weighted by Crippen LogP contribution is 2.45. The number of anilines is 6. The van der Waals surface area contributed by atoms with E-state index in [1.165, 1.54) is 48.3 Å². The summed E-state index contributed by atoms with van der Waals surface area (Å²) >= 11 is 0. The van der Waals surface area contributed by atoms with Gasteiger partial charge in [0.2, 0.25) is 0 Å². The van der Waals surface area contributed by atoms with Gasteiger partial charge in [-0.25, -0.2) is 0 Å². The smallest absolute Gasteiger partial charge is 0.181 e. The summed E-state index contributed by atoms with van der Waals surface area (Å²) in [6.07, 6.45) is 0. The number of benzene rings is 9. The molecule has 0 N–H and O–H groups in total. The molecule has 0 radical (unpaired) electrons. The first-order valence-corrected chi connectivity index (χ1v) is 20.9. The fourth-order valence-electron chi connectivity index (χ4n) is 8.82. The lowest BCUT2D eigenvalue weighted by molar-refractivity contribution is 1.29. The van der Waals surface area contributed by atoms with Crippen LogP contribution < -0.4 is 30.5 Å². The van der Waals surface area contributed by atoms with Crippen molar-refractivity contribution < 1.29 is 0 Å². The molecule has 1 heterocycles. The van der Waals surface area contributed by atoms with Crippen LogP contribution in [-0.2, 0) is 0 Å². The van der Waals surface area contributed by atoms with Crippen LogP contribution in [-0.4, -0.2) is 8.07 Å². The minimum absolute atomic E-state index is 1.13. The van der Waals surface area contributed by atoms with E-state index in [9.17, 15) is 0 Å². The monoisotopic (exact) mass is 718 g/mol. The molecule has 10 rings (SSSR count). The van der Waals surface area contributed by atoms with Crippen molar-refractivity contribution in [2.75, 3.05) is 9.80 Å². The Balaban J connectivity index is 1.34. The number of rotatable bonds is 8. The van der Waals surface area contributed by atoms with E-state index < -0.39 is 8.07 Å². The molecule has 0 aliphatic carbocycles. The van der Waals surface area contributed by atoms with Gasteiger partial charge >= 0.3 is 0 Å². The molecular weight excluding hydrogens is 681 g/mol. The number of hydrogen-bond donors (Lipinski definition) is 0. The Kier molecular flexibility index (Phi) is 8.20. The van der Waals surface area contributed by atoms with Crippen molar-refractivity contribution in [3.8, 4) is 11.1 Å². The Morgan fingerprint density at radius 2 is 0.691 bits per heavy atom. The normalized spacial score (nSPS) is 12.5. The highest BCUT2D eigenvalue weighted by molar-refractivity contribution is 7.22. The van der Waals surface area contributed by atoms with Crippen molar-refractivity contribution in [2.45, 2.75) is 0 Å². The maximum atomic E-state index is 2.55. The zero-order chi connectivity index (χ0) is 36.6. The number of hydrogen-bond acceptors (Lipinski definition) is 2. The summed E-state index contributed by atoms with van der Waals surface area (Å²) < 4.78 is 0. The maximum Gasteiger partial charge on any atom is 0.181 e. The molecule has 0 fully saturated rings. The van der Waals surface area contributed by atoms with Gasteiger partial charge < -0.3 is 9.80 Å². The van der Waals surface area contributed by atoms with Gasteiger partial charge in [0.15, 0.2) is 8.07 Å². The summed E-state index contributed by atoms with van der Waals surface area (Å²) in [5.41, 5.74) is 9.50. The van der Waals surface area contributed by atoms with Crippen molar-refractivity contribution in [1.29, 1.82) is 0 Å². The first kappa shape index (κ1) is 32.7. The van der Waals surface area contributed by atoms with Crippen molar-refractivity contribution in [3.05, 3.63) is 231 Å². The van der Waals surface area contributed by atoms with Crippen LogP contribution in [0.25, 0.3) is 21.9 Å². The van der Waals surface area contributed by atoms with E-state index in [4.69, 9.17) is 0 Å². The number of fused-ring (bicyclic) bond motifs is 5. The third kappa shape index (κ3) is 5.40. The second-order valence-electron chi connectivity index (χ2n) is 14.1.